The van der Waals surface area contributed by atoms with Crippen LogP contribution in [0.25, 0.3) is 0 Å². The van der Waals surface area contributed by atoms with E-state index in [2.05, 4.69) is 10.2 Å². The van der Waals surface area contributed by atoms with Crippen molar-refractivity contribution in [2.24, 2.45) is 0 Å². The van der Waals surface area contributed by atoms with Crippen LogP contribution >= 0.6 is 12.2 Å². The van der Waals surface area contributed by atoms with Crippen LogP contribution in [0.4, 0.5) is 5.69 Å². The van der Waals surface area contributed by atoms with E-state index in [0.29, 0.717) is 18.7 Å². The number of nitrogens with zero attached hydrogens (tertiary/aromatic N) is 1. The zero-order valence-corrected chi connectivity index (χ0v) is 32.2. The molecule has 0 radical (unpaired) electrons. The Kier molecular flexibility index (Phi) is 15.1. The van der Waals surface area contributed by atoms with E-state index in [1.165, 1.54) is 13.8 Å². The smallest absolute Gasteiger partial charge is 0.303 e. The summed E-state index contributed by atoms with van der Waals surface area (Å²) in [6, 6.07) is 15.1. The van der Waals surface area contributed by atoms with Crippen molar-refractivity contribution < 1.29 is 62.5 Å². The molecule has 0 aliphatic carbocycles. The maximum Gasteiger partial charge on any atom is 0.303 e. The number of rotatable bonds is 14. The Bertz CT molecular complexity index is 1660. The number of hydrogen-bond donors (Lipinski definition) is 3. The molecule has 2 aromatic rings. The van der Waals surface area contributed by atoms with Crippen molar-refractivity contribution >= 4 is 46.8 Å². The first-order chi connectivity index (χ1) is 26.3. The Morgan fingerprint density at radius 1 is 0.836 bits per heavy atom. The lowest BCUT2D eigenvalue weighted by molar-refractivity contribution is -0.253. The second kappa shape index (κ2) is 19.7. The summed E-state index contributed by atoms with van der Waals surface area (Å²) in [6.45, 7) is 5.90. The Morgan fingerprint density at radius 2 is 1.51 bits per heavy atom. The Labute approximate surface area is 325 Å². The molecule has 3 fully saturated rings. The quantitative estimate of drug-likeness (QED) is 0.143. The minimum Gasteiger partial charge on any atom is -0.463 e. The average Bonchev–Trinajstić information content (AvgIpc) is 3.59. The largest absolute Gasteiger partial charge is 0.463 e. The van der Waals surface area contributed by atoms with Gasteiger partial charge < -0.3 is 48.7 Å². The van der Waals surface area contributed by atoms with E-state index in [4.69, 9.17) is 45.4 Å². The van der Waals surface area contributed by atoms with Crippen LogP contribution in [0.1, 0.15) is 82.5 Å². The normalized spacial score (nSPS) is 28.1. The van der Waals surface area contributed by atoms with Gasteiger partial charge in [-0.25, -0.2) is 0 Å². The number of thiocarbonyl (C=S) groups is 1. The number of nitrogens with one attached hydrogen (secondary N) is 1. The summed E-state index contributed by atoms with van der Waals surface area (Å²) in [4.78, 5) is 50.9. The van der Waals surface area contributed by atoms with Crippen LogP contribution in [0.15, 0.2) is 48.5 Å². The van der Waals surface area contributed by atoms with Crippen LogP contribution in [0.2, 0.25) is 0 Å². The Balaban J connectivity index is 1.35. The van der Waals surface area contributed by atoms with Crippen molar-refractivity contribution in [1.82, 2.24) is 4.90 Å². The van der Waals surface area contributed by atoms with Crippen molar-refractivity contribution in [3.63, 3.8) is 0 Å². The summed E-state index contributed by atoms with van der Waals surface area (Å²) in [5.41, 5.74) is 3.08. The Morgan fingerprint density at radius 3 is 2.15 bits per heavy atom. The molecule has 0 spiro atoms. The number of aliphatic hydroxyl groups is 2. The minimum atomic E-state index is -1.30. The van der Waals surface area contributed by atoms with Crippen molar-refractivity contribution in [2.45, 2.75) is 115 Å². The van der Waals surface area contributed by atoms with Gasteiger partial charge in [-0.3, -0.25) is 24.1 Å². The molecule has 16 heteroatoms. The van der Waals surface area contributed by atoms with Gasteiger partial charge in [0.1, 0.15) is 18.8 Å². The zero-order valence-electron chi connectivity index (χ0n) is 31.4. The van der Waals surface area contributed by atoms with Gasteiger partial charge in [0.2, 0.25) is 0 Å². The number of anilines is 1. The lowest BCUT2D eigenvalue weighted by atomic mass is 9.92. The fraction of sp³-hybridized carbons (Fsp3) is 0.564. The highest BCUT2D eigenvalue weighted by Crippen LogP contribution is 2.39. The molecular weight excluding hydrogens is 736 g/mol. The SMILES string of the molecule is CC(=O)OC[C@H]1O[C@@H](CC(=S)Nc2cccc(C3O[C@H](CN4CCC[C@H]4CO)C[C@H](c4ccc(CO)cc4)O3)c2)[C@H](OC(C)=O)[C@@H](OC(C)=O)[C@@H]1OC(C)=O. The molecule has 5 rings (SSSR count). The molecule has 3 N–H and O–H groups in total. The molecule has 1 unspecified atom stereocenters. The van der Waals surface area contributed by atoms with Gasteiger partial charge in [-0.2, -0.15) is 0 Å². The van der Waals surface area contributed by atoms with Crippen LogP contribution in [-0.2, 0) is 58.9 Å². The van der Waals surface area contributed by atoms with Crippen molar-refractivity contribution in [1.29, 1.82) is 0 Å². The number of likely N-dealkylation sites (tertiary alicyclic amines) is 1. The first kappa shape index (κ1) is 42.1. The third kappa shape index (κ3) is 11.7. The summed E-state index contributed by atoms with van der Waals surface area (Å²) in [5, 5.41) is 22.7. The summed E-state index contributed by atoms with van der Waals surface area (Å²) in [6.07, 6.45) is -4.65. The first-order valence-electron chi connectivity index (χ1n) is 18.4. The summed E-state index contributed by atoms with van der Waals surface area (Å²) in [7, 11) is 0. The highest BCUT2D eigenvalue weighted by atomic mass is 32.1. The van der Waals surface area contributed by atoms with Crippen LogP contribution in [0.5, 0.6) is 0 Å². The number of carbonyl (C=O) groups excluding carboxylic acids is 4. The van der Waals surface area contributed by atoms with Crippen molar-refractivity contribution in [2.75, 3.05) is 31.6 Å². The van der Waals surface area contributed by atoms with Crippen LogP contribution in [-0.4, -0.2) is 113 Å². The fourth-order valence-corrected chi connectivity index (χ4v) is 7.56. The lowest BCUT2D eigenvalue weighted by Crippen LogP contribution is -2.62. The number of aliphatic hydroxyl groups excluding tert-OH is 2. The molecule has 15 nitrogen and oxygen atoms in total. The third-order valence-electron chi connectivity index (χ3n) is 9.68. The van der Waals surface area contributed by atoms with Gasteiger partial charge in [-0.05, 0) is 42.6 Å². The van der Waals surface area contributed by atoms with E-state index < -0.39 is 60.7 Å². The number of esters is 4. The maximum atomic E-state index is 12.3. The monoisotopic (exact) mass is 786 g/mol. The molecule has 9 atom stereocenters. The van der Waals surface area contributed by atoms with E-state index in [0.717, 1.165) is 49.9 Å². The van der Waals surface area contributed by atoms with Gasteiger partial charge in [0.25, 0.3) is 0 Å². The molecule has 0 amide bonds. The second-order valence-corrected chi connectivity index (χ2v) is 14.4. The third-order valence-corrected chi connectivity index (χ3v) is 9.95. The standard InChI is InChI=1S/C39H50N2O13S/c1-22(44)48-21-34-37(50-24(3)46)38(51-25(4)47)36(49-23(2)45)33(53-34)17-35(55)40-29-8-5-7-28(15-29)39-52-31(18-41-14-6-9-30(41)20-43)16-32(54-39)27-12-10-26(19-42)11-13-27/h5,7-8,10-13,15,30-34,36-39,42-43H,6,9,14,16-21H2,1-4H3,(H,40,55)/t30-,31-,32+,33-,34+,36-,37+,38+,39?/m0/s1. The molecule has 3 aliphatic heterocycles. The Hall–Kier alpha value is -4.03. The van der Waals surface area contributed by atoms with E-state index >= 15 is 0 Å². The summed E-state index contributed by atoms with van der Waals surface area (Å²) >= 11 is 5.76. The molecule has 3 heterocycles. The highest BCUT2D eigenvalue weighted by Gasteiger charge is 2.52. The number of hydrogen-bond acceptors (Lipinski definition) is 15. The second-order valence-electron chi connectivity index (χ2n) is 13.9. The fourth-order valence-electron chi connectivity index (χ4n) is 7.28. The topological polar surface area (TPSA) is 189 Å². The molecule has 2 aromatic carbocycles. The van der Waals surface area contributed by atoms with Crippen LogP contribution < -0.4 is 5.32 Å². The molecule has 0 aromatic heterocycles. The van der Waals surface area contributed by atoms with Gasteiger partial charge in [0.15, 0.2) is 24.6 Å². The van der Waals surface area contributed by atoms with E-state index in [-0.39, 0.29) is 49.5 Å². The average molecular weight is 787 g/mol. The van der Waals surface area contributed by atoms with Crippen molar-refractivity contribution in [3.8, 4) is 0 Å². The molecule has 3 saturated heterocycles. The van der Waals surface area contributed by atoms with Crippen LogP contribution in [0.3, 0.4) is 0 Å². The zero-order chi connectivity index (χ0) is 39.6. The molecule has 300 valence electrons. The molecule has 55 heavy (non-hydrogen) atoms. The predicted molar refractivity (Wildman–Crippen MR) is 199 cm³/mol. The molecular formula is C39H50N2O13S. The highest BCUT2D eigenvalue weighted by molar-refractivity contribution is 7.80. The van der Waals surface area contributed by atoms with Gasteiger partial charge >= 0.3 is 23.9 Å². The maximum absolute atomic E-state index is 12.3. The van der Waals surface area contributed by atoms with E-state index in [1.807, 2.05) is 48.5 Å². The molecule has 0 bridgehead atoms. The van der Waals surface area contributed by atoms with Gasteiger partial charge in [-0.15, -0.1) is 0 Å². The molecule has 3 aliphatic rings. The number of ether oxygens (including phenoxy) is 7. The predicted octanol–water partition coefficient (Wildman–Crippen LogP) is 3.44. The lowest BCUT2D eigenvalue weighted by Gasteiger charge is -2.44. The van der Waals surface area contributed by atoms with Gasteiger partial charge in [-0.1, -0.05) is 48.6 Å². The van der Waals surface area contributed by atoms with E-state index in [9.17, 15) is 29.4 Å². The number of carbonyl (C=O) groups is 4. The summed E-state index contributed by atoms with van der Waals surface area (Å²) < 4.78 is 41.1. The van der Waals surface area contributed by atoms with Crippen LogP contribution in [0, 0.1) is 0 Å². The van der Waals surface area contributed by atoms with Gasteiger partial charge in [0, 0.05) is 64.4 Å². The number of benzene rings is 2. The van der Waals surface area contributed by atoms with Gasteiger partial charge in [0.05, 0.1) is 30.4 Å². The van der Waals surface area contributed by atoms with Crippen molar-refractivity contribution in [3.05, 3.63) is 65.2 Å². The summed E-state index contributed by atoms with van der Waals surface area (Å²) in [5.74, 6) is -2.76. The van der Waals surface area contributed by atoms with E-state index in [1.54, 1.807) is 0 Å². The minimum absolute atomic E-state index is 0.0368. The molecule has 0 saturated carbocycles. The first-order valence-corrected chi connectivity index (χ1v) is 18.8.